The first-order valence-corrected chi connectivity index (χ1v) is 9.93. The van der Waals surface area contributed by atoms with Crippen molar-refractivity contribution in [2.24, 2.45) is 0 Å². The van der Waals surface area contributed by atoms with Crippen LogP contribution >= 0.6 is 11.6 Å². The van der Waals surface area contributed by atoms with E-state index in [0.717, 1.165) is 16.8 Å². The van der Waals surface area contributed by atoms with Crippen LogP contribution in [0.15, 0.2) is 72.6 Å². The fourth-order valence-corrected chi connectivity index (χ4v) is 3.52. The number of carbonyl (C=O) groups excluding carboxylic acids is 2. The Labute approximate surface area is 180 Å². The molecule has 0 spiro atoms. The van der Waals surface area contributed by atoms with E-state index in [4.69, 9.17) is 11.6 Å². The number of halogens is 1. The van der Waals surface area contributed by atoms with E-state index in [-0.39, 0.29) is 24.1 Å². The van der Waals surface area contributed by atoms with Gasteiger partial charge in [0.2, 0.25) is 0 Å². The Morgan fingerprint density at radius 3 is 2.40 bits per heavy atom. The van der Waals surface area contributed by atoms with E-state index in [2.05, 4.69) is 10.3 Å². The van der Waals surface area contributed by atoms with Crippen molar-refractivity contribution in [2.75, 3.05) is 5.32 Å². The fraction of sp³-hybridized carbons (Fsp3) is 0.125. The number of carbonyl (C=O) groups is 2. The largest absolute Gasteiger partial charge is 0.350 e. The number of benzene rings is 2. The number of amides is 2. The van der Waals surface area contributed by atoms with Crippen molar-refractivity contribution in [2.45, 2.75) is 20.4 Å². The maximum atomic E-state index is 13.3. The van der Waals surface area contributed by atoms with Gasteiger partial charge in [0.1, 0.15) is 5.70 Å². The van der Waals surface area contributed by atoms with Crippen molar-refractivity contribution < 1.29 is 9.59 Å². The quantitative estimate of drug-likeness (QED) is 0.609. The lowest BCUT2D eigenvalue weighted by molar-refractivity contribution is -0.137. The summed E-state index contributed by atoms with van der Waals surface area (Å²) < 4.78 is 0. The molecule has 1 aromatic heterocycles. The Morgan fingerprint density at radius 2 is 1.70 bits per heavy atom. The highest BCUT2D eigenvalue weighted by atomic mass is 35.5. The SMILES string of the molecule is Cc1cccc(NC2=C(c3ccc(Cl)cc3)C(=O)N(Cc3ccccn3)C2=O)c1C. The van der Waals surface area contributed by atoms with Gasteiger partial charge in [0.05, 0.1) is 17.8 Å². The first-order valence-electron chi connectivity index (χ1n) is 9.55. The molecule has 6 heteroatoms. The molecule has 0 saturated heterocycles. The highest BCUT2D eigenvalue weighted by Crippen LogP contribution is 2.33. The fourth-order valence-electron chi connectivity index (χ4n) is 3.39. The Hall–Kier alpha value is -3.44. The highest BCUT2D eigenvalue weighted by Gasteiger charge is 2.39. The summed E-state index contributed by atoms with van der Waals surface area (Å²) in [6.45, 7) is 4.09. The molecule has 1 N–H and O–H groups in total. The van der Waals surface area contributed by atoms with Gasteiger partial charge in [0.25, 0.3) is 11.8 Å². The predicted molar refractivity (Wildman–Crippen MR) is 118 cm³/mol. The minimum atomic E-state index is -0.378. The van der Waals surface area contributed by atoms with Crippen LogP contribution in [-0.2, 0) is 16.1 Å². The van der Waals surface area contributed by atoms with Crippen LogP contribution in [0.25, 0.3) is 5.57 Å². The number of nitrogens with one attached hydrogen (secondary N) is 1. The minimum absolute atomic E-state index is 0.105. The van der Waals surface area contributed by atoms with Crippen LogP contribution in [0.5, 0.6) is 0 Å². The summed E-state index contributed by atoms with van der Waals surface area (Å²) in [6.07, 6.45) is 1.64. The van der Waals surface area contributed by atoms with Crippen molar-refractivity contribution in [3.05, 3.63) is 100.0 Å². The third-order valence-corrected chi connectivity index (χ3v) is 5.46. The molecule has 1 aliphatic heterocycles. The summed E-state index contributed by atoms with van der Waals surface area (Å²) >= 11 is 6.02. The number of hydrogen-bond donors (Lipinski definition) is 1. The number of pyridine rings is 1. The van der Waals surface area contributed by atoms with E-state index in [1.54, 1.807) is 42.6 Å². The van der Waals surface area contributed by atoms with Crippen molar-refractivity contribution in [1.82, 2.24) is 9.88 Å². The zero-order valence-corrected chi connectivity index (χ0v) is 17.4. The second kappa shape index (κ2) is 8.13. The number of aromatic nitrogens is 1. The molecule has 0 atom stereocenters. The van der Waals surface area contributed by atoms with Crippen molar-refractivity contribution in [3.63, 3.8) is 0 Å². The molecule has 30 heavy (non-hydrogen) atoms. The van der Waals surface area contributed by atoms with E-state index in [0.29, 0.717) is 21.9 Å². The number of rotatable bonds is 5. The lowest BCUT2D eigenvalue weighted by atomic mass is 10.0. The Morgan fingerprint density at radius 1 is 0.933 bits per heavy atom. The van der Waals surface area contributed by atoms with E-state index in [1.807, 2.05) is 38.1 Å². The van der Waals surface area contributed by atoms with E-state index in [9.17, 15) is 9.59 Å². The normalized spacial score (nSPS) is 13.9. The van der Waals surface area contributed by atoms with Crippen LogP contribution in [0, 0.1) is 13.8 Å². The van der Waals surface area contributed by atoms with Gasteiger partial charge in [0, 0.05) is 16.9 Å². The maximum absolute atomic E-state index is 13.3. The van der Waals surface area contributed by atoms with Crippen molar-refractivity contribution in [1.29, 1.82) is 0 Å². The second-order valence-electron chi connectivity index (χ2n) is 7.15. The molecular weight excluding hydrogens is 398 g/mol. The molecule has 1 aliphatic rings. The highest BCUT2D eigenvalue weighted by molar-refractivity contribution is 6.36. The number of imide groups is 1. The van der Waals surface area contributed by atoms with Gasteiger partial charge in [-0.25, -0.2) is 0 Å². The number of aryl methyl sites for hydroxylation is 1. The first kappa shape index (κ1) is 19.9. The van der Waals surface area contributed by atoms with Gasteiger partial charge in [0.15, 0.2) is 0 Å². The first-order chi connectivity index (χ1) is 14.5. The third kappa shape index (κ3) is 3.72. The number of nitrogens with zero attached hydrogens (tertiary/aromatic N) is 2. The van der Waals surface area contributed by atoms with Crippen LogP contribution in [0.1, 0.15) is 22.4 Å². The smallest absolute Gasteiger partial charge is 0.278 e. The molecule has 0 aliphatic carbocycles. The minimum Gasteiger partial charge on any atom is -0.350 e. The second-order valence-corrected chi connectivity index (χ2v) is 7.58. The summed E-state index contributed by atoms with van der Waals surface area (Å²) in [5.41, 5.74) is 4.76. The van der Waals surface area contributed by atoms with E-state index >= 15 is 0 Å². The van der Waals surface area contributed by atoms with Gasteiger partial charge in [-0.15, -0.1) is 0 Å². The molecule has 4 rings (SSSR count). The molecule has 2 heterocycles. The topological polar surface area (TPSA) is 62.3 Å². The van der Waals surface area contributed by atoms with Gasteiger partial charge < -0.3 is 5.32 Å². The molecular formula is C24H20ClN3O2. The molecule has 5 nitrogen and oxygen atoms in total. The van der Waals surface area contributed by atoms with Gasteiger partial charge in [-0.2, -0.15) is 0 Å². The average Bonchev–Trinajstić information content (AvgIpc) is 2.97. The Bertz CT molecular complexity index is 1150. The van der Waals surface area contributed by atoms with E-state index < -0.39 is 0 Å². The molecule has 0 bridgehead atoms. The average molecular weight is 418 g/mol. The summed E-state index contributed by atoms with van der Waals surface area (Å²) in [6, 6.07) is 18.1. The molecule has 0 radical (unpaired) electrons. The zero-order chi connectivity index (χ0) is 21.3. The van der Waals surface area contributed by atoms with Gasteiger partial charge in [-0.3, -0.25) is 19.5 Å². The molecule has 2 amide bonds. The van der Waals surface area contributed by atoms with Crippen LogP contribution in [-0.4, -0.2) is 21.7 Å². The molecule has 3 aromatic rings. The molecule has 0 saturated carbocycles. The number of anilines is 1. The summed E-state index contributed by atoms with van der Waals surface area (Å²) in [5, 5.41) is 3.78. The third-order valence-electron chi connectivity index (χ3n) is 5.21. The number of hydrogen-bond acceptors (Lipinski definition) is 4. The summed E-state index contributed by atoms with van der Waals surface area (Å²) in [4.78, 5) is 32.1. The Kier molecular flexibility index (Phi) is 5.38. The van der Waals surface area contributed by atoms with Crippen LogP contribution < -0.4 is 5.32 Å². The zero-order valence-electron chi connectivity index (χ0n) is 16.6. The van der Waals surface area contributed by atoms with Crippen molar-refractivity contribution >= 4 is 34.7 Å². The maximum Gasteiger partial charge on any atom is 0.278 e. The lowest BCUT2D eigenvalue weighted by Gasteiger charge is -2.15. The molecule has 2 aromatic carbocycles. The van der Waals surface area contributed by atoms with Gasteiger partial charge in [-0.1, -0.05) is 41.9 Å². The Balaban J connectivity index is 1.77. The standard InChI is InChI=1S/C24H20ClN3O2/c1-15-6-5-8-20(16(15)2)27-22-21(17-9-11-18(25)12-10-17)23(29)28(24(22)30)14-19-7-3-4-13-26-19/h3-13,27H,14H2,1-2H3. The van der Waals surface area contributed by atoms with Crippen LogP contribution in [0.3, 0.4) is 0 Å². The van der Waals surface area contributed by atoms with Crippen LogP contribution in [0.4, 0.5) is 5.69 Å². The molecule has 0 fully saturated rings. The lowest BCUT2D eigenvalue weighted by Crippen LogP contribution is -2.32. The molecule has 0 unspecified atom stereocenters. The summed E-state index contributed by atoms with van der Waals surface area (Å²) in [5.74, 6) is -0.739. The molecule has 150 valence electrons. The van der Waals surface area contributed by atoms with Crippen LogP contribution in [0.2, 0.25) is 5.02 Å². The van der Waals surface area contributed by atoms with Gasteiger partial charge >= 0.3 is 0 Å². The van der Waals surface area contributed by atoms with Gasteiger partial charge in [-0.05, 0) is 60.9 Å². The monoisotopic (exact) mass is 417 g/mol. The summed E-state index contributed by atoms with van der Waals surface area (Å²) in [7, 11) is 0. The predicted octanol–water partition coefficient (Wildman–Crippen LogP) is 4.74. The van der Waals surface area contributed by atoms with E-state index in [1.165, 1.54) is 4.90 Å². The van der Waals surface area contributed by atoms with Crippen molar-refractivity contribution in [3.8, 4) is 0 Å².